The first kappa shape index (κ1) is 18.4. The maximum atomic E-state index is 11.2. The number of anilines is 1. The monoisotopic (exact) mass is 344 g/mol. The molecule has 1 heterocycles. The van der Waals surface area contributed by atoms with Crippen molar-refractivity contribution < 1.29 is 34.8 Å². The van der Waals surface area contributed by atoms with Crippen molar-refractivity contribution in [3.8, 4) is 5.75 Å². The normalized spacial score (nSPS) is 30.0. The third-order valence-electron chi connectivity index (χ3n) is 3.67. The quantitative estimate of drug-likeness (QED) is 0.329. The lowest BCUT2D eigenvalue weighted by molar-refractivity contribution is -0.384. The van der Waals surface area contributed by atoms with Crippen LogP contribution < -0.4 is 10.1 Å². The second-order valence-corrected chi connectivity index (χ2v) is 5.26. The van der Waals surface area contributed by atoms with Crippen LogP contribution in [0.2, 0.25) is 0 Å². The highest BCUT2D eigenvalue weighted by molar-refractivity contribution is 5.64. The van der Waals surface area contributed by atoms with Crippen molar-refractivity contribution in [3.63, 3.8) is 0 Å². The van der Waals surface area contributed by atoms with Crippen LogP contribution in [0, 0.1) is 10.1 Å². The maximum absolute atomic E-state index is 11.2. The average molecular weight is 344 g/mol. The molecule has 1 aromatic carbocycles. The van der Waals surface area contributed by atoms with E-state index in [0.29, 0.717) is 12.4 Å². The lowest BCUT2D eigenvalue weighted by Crippen LogP contribution is -2.60. The van der Waals surface area contributed by atoms with Gasteiger partial charge in [-0.05, 0) is 19.1 Å². The third kappa shape index (κ3) is 3.74. The van der Waals surface area contributed by atoms with E-state index in [0.717, 1.165) is 0 Å². The van der Waals surface area contributed by atoms with E-state index >= 15 is 0 Å². The fourth-order valence-electron chi connectivity index (χ4n) is 2.42. The molecule has 0 spiro atoms. The summed E-state index contributed by atoms with van der Waals surface area (Å²) in [6.07, 6.45) is -6.98. The van der Waals surface area contributed by atoms with Crippen LogP contribution in [0.5, 0.6) is 5.75 Å². The van der Waals surface area contributed by atoms with Crippen LogP contribution in [0.1, 0.15) is 6.92 Å². The molecule has 1 saturated heterocycles. The van der Waals surface area contributed by atoms with Crippen molar-refractivity contribution in [3.05, 3.63) is 28.3 Å². The molecule has 5 atom stereocenters. The van der Waals surface area contributed by atoms with Gasteiger partial charge in [0.25, 0.3) is 5.69 Å². The molecule has 134 valence electrons. The van der Waals surface area contributed by atoms with Gasteiger partial charge < -0.3 is 35.2 Å². The first-order valence-electron chi connectivity index (χ1n) is 7.37. The zero-order valence-electron chi connectivity index (χ0n) is 12.9. The molecule has 0 saturated carbocycles. The number of benzene rings is 1. The number of nitro groups is 1. The SMILES string of the molecule is CCOc1ccc(N[C@@H]2O[C@H](CO)[C@H](O)[C@@H](O)[C@@H]2O)c([N+](=O)[O-])c1. The minimum atomic E-state index is -1.57. The predicted octanol–water partition coefficient (Wildman–Crippen LogP) is -0.795. The molecule has 0 aromatic heterocycles. The standard InChI is InChI=1S/C14H20N2O8/c1-2-23-7-3-4-8(9(5-7)16(21)22)15-14-13(20)12(19)11(18)10(6-17)24-14/h3-5,10-15,17-20H,2,6H2,1H3/t10-,11+,12-,13+,14-/m1/s1. The first-order valence-corrected chi connectivity index (χ1v) is 7.37. The van der Waals surface area contributed by atoms with Crippen LogP contribution in [-0.2, 0) is 4.74 Å². The highest BCUT2D eigenvalue weighted by Crippen LogP contribution is 2.31. The first-order chi connectivity index (χ1) is 11.4. The molecule has 24 heavy (non-hydrogen) atoms. The molecule has 10 heteroatoms. The van der Waals surface area contributed by atoms with Crippen molar-refractivity contribution in [1.29, 1.82) is 0 Å². The Morgan fingerprint density at radius 1 is 1.29 bits per heavy atom. The van der Waals surface area contributed by atoms with Crippen LogP contribution in [0.15, 0.2) is 18.2 Å². The average Bonchev–Trinajstić information content (AvgIpc) is 2.56. The van der Waals surface area contributed by atoms with E-state index in [9.17, 15) is 25.4 Å². The molecule has 1 fully saturated rings. The van der Waals surface area contributed by atoms with E-state index < -0.39 is 42.2 Å². The molecule has 10 nitrogen and oxygen atoms in total. The van der Waals surface area contributed by atoms with Gasteiger partial charge in [0, 0.05) is 0 Å². The van der Waals surface area contributed by atoms with Gasteiger partial charge >= 0.3 is 0 Å². The number of nitrogens with zero attached hydrogens (tertiary/aromatic N) is 1. The van der Waals surface area contributed by atoms with E-state index in [-0.39, 0.29) is 11.4 Å². The number of ether oxygens (including phenoxy) is 2. The Kier molecular flexibility index (Phi) is 5.91. The van der Waals surface area contributed by atoms with Gasteiger partial charge in [-0.3, -0.25) is 10.1 Å². The number of hydrogen-bond donors (Lipinski definition) is 5. The van der Waals surface area contributed by atoms with E-state index in [1.165, 1.54) is 18.2 Å². The molecule has 0 amide bonds. The Balaban J connectivity index is 2.24. The van der Waals surface area contributed by atoms with E-state index in [4.69, 9.17) is 14.6 Å². The topological polar surface area (TPSA) is 155 Å². The summed E-state index contributed by atoms with van der Waals surface area (Å²) in [5, 5.41) is 52.4. The van der Waals surface area contributed by atoms with Crippen LogP contribution in [0.25, 0.3) is 0 Å². The molecule has 1 aliphatic heterocycles. The summed E-state index contributed by atoms with van der Waals surface area (Å²) in [5.41, 5.74) is -0.273. The Morgan fingerprint density at radius 3 is 2.58 bits per heavy atom. The maximum Gasteiger partial charge on any atom is 0.296 e. The Morgan fingerprint density at radius 2 is 2.00 bits per heavy atom. The smallest absolute Gasteiger partial charge is 0.296 e. The second-order valence-electron chi connectivity index (χ2n) is 5.26. The van der Waals surface area contributed by atoms with Gasteiger partial charge in [0.05, 0.1) is 24.2 Å². The second kappa shape index (κ2) is 7.73. The minimum Gasteiger partial charge on any atom is -0.494 e. The van der Waals surface area contributed by atoms with Crippen LogP contribution in [0.3, 0.4) is 0 Å². The van der Waals surface area contributed by atoms with Crippen LogP contribution >= 0.6 is 0 Å². The Labute approximate surface area is 137 Å². The highest BCUT2D eigenvalue weighted by Gasteiger charge is 2.43. The summed E-state index contributed by atoms with van der Waals surface area (Å²) >= 11 is 0. The van der Waals surface area contributed by atoms with E-state index in [1.54, 1.807) is 6.92 Å². The highest BCUT2D eigenvalue weighted by atomic mass is 16.6. The summed E-state index contributed by atoms with van der Waals surface area (Å²) in [7, 11) is 0. The van der Waals surface area contributed by atoms with Crippen molar-refractivity contribution in [2.75, 3.05) is 18.5 Å². The lowest BCUT2D eigenvalue weighted by atomic mass is 9.98. The van der Waals surface area contributed by atoms with E-state index in [1.807, 2.05) is 0 Å². The lowest BCUT2D eigenvalue weighted by Gasteiger charge is -2.40. The molecule has 0 radical (unpaired) electrons. The van der Waals surface area contributed by atoms with Crippen LogP contribution in [-0.4, -0.2) is 69.2 Å². The van der Waals surface area contributed by atoms with Crippen molar-refractivity contribution in [2.45, 2.75) is 37.6 Å². The molecule has 1 aliphatic rings. The van der Waals surface area contributed by atoms with E-state index in [2.05, 4.69) is 5.32 Å². The largest absolute Gasteiger partial charge is 0.494 e. The zero-order valence-corrected chi connectivity index (χ0v) is 12.9. The van der Waals surface area contributed by atoms with Gasteiger partial charge in [0.1, 0.15) is 35.9 Å². The summed E-state index contributed by atoms with van der Waals surface area (Å²) in [4.78, 5) is 10.6. The van der Waals surface area contributed by atoms with Gasteiger partial charge in [-0.2, -0.15) is 0 Å². The molecule has 0 aliphatic carbocycles. The molecule has 5 N–H and O–H groups in total. The number of rotatable bonds is 6. The van der Waals surface area contributed by atoms with Crippen LogP contribution in [0.4, 0.5) is 11.4 Å². The number of aliphatic hydroxyl groups excluding tert-OH is 4. The Bertz CT molecular complexity index is 582. The number of aliphatic hydroxyl groups is 4. The molecule has 2 rings (SSSR count). The summed E-state index contributed by atoms with van der Waals surface area (Å²) in [5.74, 6) is 0.309. The minimum absolute atomic E-state index is 0.0350. The number of nitro benzene ring substituents is 1. The van der Waals surface area contributed by atoms with Gasteiger partial charge in [0.2, 0.25) is 0 Å². The van der Waals surface area contributed by atoms with Gasteiger partial charge in [-0.1, -0.05) is 0 Å². The number of hydrogen-bond acceptors (Lipinski definition) is 9. The third-order valence-corrected chi connectivity index (χ3v) is 3.67. The van der Waals surface area contributed by atoms with Crippen molar-refractivity contribution >= 4 is 11.4 Å². The molecule has 0 bridgehead atoms. The molecular formula is C14H20N2O8. The summed E-state index contributed by atoms with van der Waals surface area (Å²) in [6.45, 7) is 1.50. The summed E-state index contributed by atoms with van der Waals surface area (Å²) in [6, 6.07) is 4.10. The van der Waals surface area contributed by atoms with Crippen molar-refractivity contribution in [1.82, 2.24) is 0 Å². The molecule has 1 aromatic rings. The zero-order chi connectivity index (χ0) is 17.9. The van der Waals surface area contributed by atoms with Gasteiger partial charge in [-0.25, -0.2) is 0 Å². The number of nitrogens with one attached hydrogen (secondary N) is 1. The fourth-order valence-corrected chi connectivity index (χ4v) is 2.42. The summed E-state index contributed by atoms with van der Waals surface area (Å²) < 4.78 is 10.5. The van der Waals surface area contributed by atoms with Gasteiger partial charge in [-0.15, -0.1) is 0 Å². The molecular weight excluding hydrogens is 324 g/mol. The van der Waals surface area contributed by atoms with Gasteiger partial charge in [0.15, 0.2) is 6.23 Å². The van der Waals surface area contributed by atoms with Crippen molar-refractivity contribution in [2.24, 2.45) is 0 Å². The Hall–Kier alpha value is -1.98. The fraction of sp³-hybridized carbons (Fsp3) is 0.571. The molecule has 0 unspecified atom stereocenters. The predicted molar refractivity (Wildman–Crippen MR) is 81.7 cm³/mol.